The van der Waals surface area contributed by atoms with Gasteiger partial charge >= 0.3 is 0 Å². The number of halogens is 1. The molecule has 1 aromatic carbocycles. The molecule has 0 radical (unpaired) electrons. The van der Waals surface area contributed by atoms with Crippen LogP contribution < -0.4 is 5.56 Å². The molecular formula is C23H27ClN4OS. The second-order valence-corrected chi connectivity index (χ2v) is 9.81. The number of aryl methyl sites for hydroxylation is 1. The SMILES string of the molecule is CCN1CCN(C2CCc3c(sc4ncn(Cc5ccccc5Cl)c(=O)c34)C2)CC1. The van der Waals surface area contributed by atoms with Crippen LogP contribution in [0.1, 0.15) is 29.3 Å². The van der Waals surface area contributed by atoms with Gasteiger partial charge in [0.25, 0.3) is 5.56 Å². The average Bonchev–Trinajstić information content (AvgIpc) is 3.15. The number of fused-ring (bicyclic) bond motifs is 3. The summed E-state index contributed by atoms with van der Waals surface area (Å²) in [7, 11) is 0. The maximum atomic E-state index is 13.3. The molecule has 0 amide bonds. The zero-order chi connectivity index (χ0) is 20.7. The van der Waals surface area contributed by atoms with Gasteiger partial charge < -0.3 is 4.90 Å². The van der Waals surface area contributed by atoms with E-state index < -0.39 is 0 Å². The largest absolute Gasteiger partial charge is 0.301 e. The van der Waals surface area contributed by atoms with E-state index in [0.717, 1.165) is 54.7 Å². The number of likely N-dealkylation sites (N-methyl/N-ethyl adjacent to an activating group) is 1. The molecule has 3 heterocycles. The van der Waals surface area contributed by atoms with Crippen molar-refractivity contribution < 1.29 is 0 Å². The molecule has 1 unspecified atom stereocenters. The van der Waals surface area contributed by atoms with E-state index in [2.05, 4.69) is 21.7 Å². The molecule has 1 atom stereocenters. The van der Waals surface area contributed by atoms with Gasteiger partial charge in [-0.2, -0.15) is 0 Å². The summed E-state index contributed by atoms with van der Waals surface area (Å²) in [6.45, 7) is 8.48. The molecule has 2 aromatic heterocycles. The summed E-state index contributed by atoms with van der Waals surface area (Å²) in [5.41, 5.74) is 2.25. The Bertz CT molecular complexity index is 1120. The number of piperazine rings is 1. The van der Waals surface area contributed by atoms with Crippen LogP contribution in [-0.4, -0.2) is 58.1 Å². The van der Waals surface area contributed by atoms with Crippen LogP contribution in [0, 0.1) is 0 Å². The fourth-order valence-electron chi connectivity index (χ4n) is 4.86. The van der Waals surface area contributed by atoms with Crippen LogP contribution in [0.4, 0.5) is 0 Å². The molecule has 30 heavy (non-hydrogen) atoms. The van der Waals surface area contributed by atoms with Gasteiger partial charge in [-0.1, -0.05) is 36.7 Å². The van der Waals surface area contributed by atoms with Crippen molar-refractivity contribution in [1.82, 2.24) is 19.4 Å². The molecule has 1 aliphatic heterocycles. The van der Waals surface area contributed by atoms with Crippen LogP contribution in [0.2, 0.25) is 5.02 Å². The van der Waals surface area contributed by atoms with E-state index in [0.29, 0.717) is 17.6 Å². The lowest BCUT2D eigenvalue weighted by molar-refractivity contribution is 0.0932. The van der Waals surface area contributed by atoms with Gasteiger partial charge in [0, 0.05) is 42.1 Å². The van der Waals surface area contributed by atoms with E-state index in [9.17, 15) is 4.79 Å². The van der Waals surface area contributed by atoms with Crippen molar-refractivity contribution in [3.63, 3.8) is 0 Å². The molecule has 158 valence electrons. The van der Waals surface area contributed by atoms with Gasteiger partial charge in [-0.15, -0.1) is 11.3 Å². The van der Waals surface area contributed by atoms with Crippen LogP contribution in [0.3, 0.4) is 0 Å². The second-order valence-electron chi connectivity index (χ2n) is 8.32. The first kappa shape index (κ1) is 20.2. The van der Waals surface area contributed by atoms with Crippen LogP contribution >= 0.6 is 22.9 Å². The highest BCUT2D eigenvalue weighted by atomic mass is 35.5. The summed E-state index contributed by atoms with van der Waals surface area (Å²) in [4.78, 5) is 25.4. The Hall–Kier alpha value is -1.73. The molecule has 5 nitrogen and oxygen atoms in total. The van der Waals surface area contributed by atoms with Gasteiger partial charge in [-0.3, -0.25) is 14.3 Å². The lowest BCUT2D eigenvalue weighted by atomic mass is 9.91. The Morgan fingerprint density at radius 3 is 2.77 bits per heavy atom. The lowest BCUT2D eigenvalue weighted by Crippen LogP contribution is -2.51. The highest BCUT2D eigenvalue weighted by Crippen LogP contribution is 2.35. The molecule has 7 heteroatoms. The van der Waals surface area contributed by atoms with Gasteiger partial charge in [0.2, 0.25) is 0 Å². The first-order chi connectivity index (χ1) is 14.6. The molecule has 0 N–H and O–H groups in total. The van der Waals surface area contributed by atoms with E-state index in [1.54, 1.807) is 22.2 Å². The van der Waals surface area contributed by atoms with Crippen LogP contribution in [-0.2, 0) is 19.4 Å². The van der Waals surface area contributed by atoms with E-state index in [1.807, 2.05) is 24.3 Å². The van der Waals surface area contributed by atoms with Crippen LogP contribution in [0.5, 0.6) is 0 Å². The highest BCUT2D eigenvalue weighted by Gasteiger charge is 2.30. The van der Waals surface area contributed by atoms with E-state index in [4.69, 9.17) is 11.6 Å². The van der Waals surface area contributed by atoms with Crippen molar-refractivity contribution in [3.8, 4) is 0 Å². The summed E-state index contributed by atoms with van der Waals surface area (Å²) >= 11 is 8.02. The molecule has 1 fully saturated rings. The number of aromatic nitrogens is 2. The molecule has 0 spiro atoms. The Kier molecular flexibility index (Phi) is 5.67. The van der Waals surface area contributed by atoms with Gasteiger partial charge in [-0.05, 0) is 43.0 Å². The fraction of sp³-hybridized carbons (Fsp3) is 0.478. The summed E-state index contributed by atoms with van der Waals surface area (Å²) in [6, 6.07) is 8.27. The first-order valence-corrected chi connectivity index (χ1v) is 12.0. The molecule has 2 aliphatic rings. The van der Waals surface area contributed by atoms with Crippen molar-refractivity contribution in [3.05, 3.63) is 62.0 Å². The highest BCUT2D eigenvalue weighted by molar-refractivity contribution is 7.18. The van der Waals surface area contributed by atoms with Crippen molar-refractivity contribution in [2.24, 2.45) is 0 Å². The van der Waals surface area contributed by atoms with Gasteiger partial charge in [0.15, 0.2) is 0 Å². The standard InChI is InChI=1S/C23H27ClN4OS/c1-2-26-9-11-27(12-10-26)17-7-8-18-20(13-17)30-22-21(18)23(29)28(15-25-22)14-16-5-3-4-6-19(16)24/h3-6,15,17H,2,7-14H2,1H3. The Balaban J connectivity index is 1.41. The smallest absolute Gasteiger partial charge is 0.262 e. The summed E-state index contributed by atoms with van der Waals surface area (Å²) in [6.07, 6.45) is 4.83. The number of benzene rings is 1. The maximum Gasteiger partial charge on any atom is 0.262 e. The van der Waals surface area contributed by atoms with Crippen molar-refractivity contribution in [2.45, 2.75) is 38.8 Å². The van der Waals surface area contributed by atoms with E-state index in [-0.39, 0.29) is 5.56 Å². The molecule has 5 rings (SSSR count). The van der Waals surface area contributed by atoms with Gasteiger partial charge in [-0.25, -0.2) is 4.98 Å². The number of thiophene rings is 1. The third-order valence-corrected chi connectivity index (χ3v) is 8.21. The van der Waals surface area contributed by atoms with Crippen LogP contribution in [0.15, 0.2) is 35.4 Å². The molecule has 0 saturated carbocycles. The van der Waals surface area contributed by atoms with E-state index >= 15 is 0 Å². The van der Waals surface area contributed by atoms with Gasteiger partial charge in [0.1, 0.15) is 4.83 Å². The first-order valence-electron chi connectivity index (χ1n) is 10.8. The Morgan fingerprint density at radius 2 is 2.00 bits per heavy atom. The van der Waals surface area contributed by atoms with Gasteiger partial charge in [0.05, 0.1) is 18.3 Å². The maximum absolute atomic E-state index is 13.3. The minimum absolute atomic E-state index is 0.0624. The average molecular weight is 443 g/mol. The summed E-state index contributed by atoms with van der Waals surface area (Å²) < 4.78 is 1.70. The minimum atomic E-state index is 0.0624. The third-order valence-electron chi connectivity index (χ3n) is 6.68. The third kappa shape index (κ3) is 3.71. The topological polar surface area (TPSA) is 41.4 Å². The quantitative estimate of drug-likeness (QED) is 0.618. The zero-order valence-corrected chi connectivity index (χ0v) is 18.9. The number of rotatable bonds is 4. The number of hydrogen-bond acceptors (Lipinski definition) is 5. The predicted octanol–water partition coefficient (Wildman–Crippen LogP) is 3.65. The van der Waals surface area contributed by atoms with E-state index in [1.165, 1.54) is 23.5 Å². The second kappa shape index (κ2) is 8.42. The lowest BCUT2D eigenvalue weighted by Gasteiger charge is -2.40. The molecule has 3 aromatic rings. The monoisotopic (exact) mass is 442 g/mol. The minimum Gasteiger partial charge on any atom is -0.301 e. The zero-order valence-electron chi connectivity index (χ0n) is 17.3. The molecule has 0 bridgehead atoms. The summed E-state index contributed by atoms with van der Waals surface area (Å²) in [5.74, 6) is 0. The number of hydrogen-bond donors (Lipinski definition) is 0. The fourth-order valence-corrected chi connectivity index (χ4v) is 6.31. The predicted molar refractivity (Wildman–Crippen MR) is 124 cm³/mol. The van der Waals surface area contributed by atoms with Crippen molar-refractivity contribution in [1.29, 1.82) is 0 Å². The Morgan fingerprint density at radius 1 is 1.20 bits per heavy atom. The molecule has 1 aliphatic carbocycles. The molecular weight excluding hydrogens is 416 g/mol. The van der Waals surface area contributed by atoms with Crippen molar-refractivity contribution >= 4 is 33.2 Å². The normalized spacial score (nSPS) is 20.5. The van der Waals surface area contributed by atoms with Crippen molar-refractivity contribution in [2.75, 3.05) is 32.7 Å². The summed E-state index contributed by atoms with van der Waals surface area (Å²) in [5, 5.41) is 1.52. The van der Waals surface area contributed by atoms with Crippen LogP contribution in [0.25, 0.3) is 10.2 Å². The number of nitrogens with zero attached hydrogens (tertiary/aromatic N) is 4. The molecule has 1 saturated heterocycles. The Labute approximate surface area is 185 Å².